The van der Waals surface area contributed by atoms with Crippen LogP contribution in [0.3, 0.4) is 0 Å². The first-order valence-corrected chi connectivity index (χ1v) is 16.5. The van der Waals surface area contributed by atoms with Gasteiger partial charge in [0.05, 0.1) is 26.8 Å². The number of nitrogens with zero attached hydrogens (tertiary/aromatic N) is 4. The Labute approximate surface area is 275 Å². The highest BCUT2D eigenvalue weighted by Crippen LogP contribution is 2.39. The summed E-state index contributed by atoms with van der Waals surface area (Å²) in [6, 6.07) is 11.4. The molecule has 4 aromatic rings. The molecule has 0 aliphatic carbocycles. The minimum absolute atomic E-state index is 0.0148. The third-order valence-corrected chi connectivity index (χ3v) is 9.35. The lowest BCUT2D eigenvalue weighted by Crippen LogP contribution is -2.61. The second kappa shape index (κ2) is 14.3. The summed E-state index contributed by atoms with van der Waals surface area (Å²) in [4.78, 5) is 49.5. The minimum Gasteiger partial charge on any atom is -0.453 e. The molecule has 1 aromatic carbocycles. The number of piperidine rings is 1. The smallest absolute Gasteiger partial charge is 0.319 e. The number of fused-ring (bicyclic) bond motifs is 1. The van der Waals surface area contributed by atoms with E-state index in [0.717, 1.165) is 53.3 Å². The zero-order chi connectivity index (χ0) is 32.9. The van der Waals surface area contributed by atoms with Gasteiger partial charge < -0.3 is 30.9 Å². The van der Waals surface area contributed by atoms with Crippen molar-refractivity contribution in [2.45, 2.75) is 45.3 Å². The molecule has 2 aliphatic heterocycles. The molecule has 0 unspecified atom stereocenters. The number of hydrogen-bond acceptors (Lipinski definition) is 8. The highest BCUT2D eigenvalue weighted by atomic mass is 32.1. The summed E-state index contributed by atoms with van der Waals surface area (Å²) < 4.78 is 21.8. The van der Waals surface area contributed by atoms with E-state index >= 15 is 4.39 Å². The summed E-state index contributed by atoms with van der Waals surface area (Å²) in [5, 5.41) is 11.2. The maximum absolute atomic E-state index is 15.1. The Balaban J connectivity index is 1.05. The number of halogens is 1. The molecule has 47 heavy (non-hydrogen) atoms. The SMILES string of the molecule is CCNC(=O)NC1CCN(Cc2ccc(-c3cc4nccc(Oc5ccc(NC(=O)NC6CN(C(C)=O)C6)cc5F)c4s3)nc2)CC1. The van der Waals surface area contributed by atoms with Gasteiger partial charge in [-0.2, -0.15) is 0 Å². The summed E-state index contributed by atoms with van der Waals surface area (Å²) in [7, 11) is 0. The normalized spacial score (nSPS) is 15.6. The molecule has 246 valence electrons. The van der Waals surface area contributed by atoms with E-state index in [1.807, 2.05) is 25.3 Å². The van der Waals surface area contributed by atoms with Crippen LogP contribution in [0.2, 0.25) is 0 Å². The zero-order valence-electron chi connectivity index (χ0n) is 26.2. The van der Waals surface area contributed by atoms with Gasteiger partial charge in [-0.25, -0.2) is 14.0 Å². The summed E-state index contributed by atoms with van der Waals surface area (Å²) >= 11 is 1.47. The van der Waals surface area contributed by atoms with E-state index in [1.165, 1.54) is 30.4 Å². The number of benzene rings is 1. The van der Waals surface area contributed by atoms with Crippen LogP contribution in [0.4, 0.5) is 19.7 Å². The number of carbonyl (C=O) groups is 3. The van der Waals surface area contributed by atoms with Gasteiger partial charge in [0.2, 0.25) is 5.91 Å². The van der Waals surface area contributed by atoms with E-state index < -0.39 is 11.8 Å². The van der Waals surface area contributed by atoms with Gasteiger partial charge in [0.1, 0.15) is 5.75 Å². The summed E-state index contributed by atoms with van der Waals surface area (Å²) in [5.41, 5.74) is 2.91. The van der Waals surface area contributed by atoms with E-state index in [0.29, 0.717) is 30.9 Å². The lowest BCUT2D eigenvalue weighted by atomic mass is 10.0. The molecule has 5 heterocycles. The van der Waals surface area contributed by atoms with Crippen molar-refractivity contribution in [2.24, 2.45) is 0 Å². The lowest BCUT2D eigenvalue weighted by molar-refractivity contribution is -0.133. The molecule has 5 amide bonds. The molecule has 0 atom stereocenters. The standard InChI is InChI=1S/C33H37FN8O4S/c1-3-35-32(44)38-22-9-12-41(13-10-22)17-21-4-6-26(37-16-21)30-15-27-31(47-30)29(8-11-36-27)46-28-7-5-23(14-25(28)34)39-33(45)40-24-18-42(19-24)20(2)43/h4-8,11,14-16,22,24H,3,9-10,12-13,17-19H2,1-2H3,(H2,35,38,44)(H2,39,40,45). The van der Waals surface area contributed by atoms with Crippen molar-refractivity contribution in [3.63, 3.8) is 0 Å². The Bertz CT molecular complexity index is 1750. The fraction of sp³-hybridized carbons (Fsp3) is 0.364. The number of aromatic nitrogens is 2. The summed E-state index contributed by atoms with van der Waals surface area (Å²) in [5.74, 6) is -0.187. The number of carbonyl (C=O) groups excluding carboxylic acids is 3. The van der Waals surface area contributed by atoms with E-state index in [9.17, 15) is 14.4 Å². The molecule has 0 bridgehead atoms. The van der Waals surface area contributed by atoms with E-state index in [1.54, 1.807) is 23.2 Å². The Morgan fingerprint density at radius 3 is 2.47 bits per heavy atom. The molecule has 0 saturated carbocycles. The number of thiophene rings is 1. The summed E-state index contributed by atoms with van der Waals surface area (Å²) in [6.45, 7) is 7.51. The molecular formula is C33H37FN8O4S. The molecule has 14 heteroatoms. The number of anilines is 1. The largest absolute Gasteiger partial charge is 0.453 e. The topological polar surface area (TPSA) is 141 Å². The van der Waals surface area contributed by atoms with Crippen molar-refractivity contribution in [1.29, 1.82) is 0 Å². The van der Waals surface area contributed by atoms with Gasteiger partial charge in [-0.1, -0.05) is 6.07 Å². The van der Waals surface area contributed by atoms with Crippen LogP contribution in [0, 0.1) is 5.82 Å². The monoisotopic (exact) mass is 660 g/mol. The quantitative estimate of drug-likeness (QED) is 0.200. The molecule has 2 aliphatic rings. The first-order valence-electron chi connectivity index (χ1n) is 15.6. The number of amides is 5. The second-order valence-corrected chi connectivity index (χ2v) is 12.8. The lowest BCUT2D eigenvalue weighted by Gasteiger charge is -2.38. The highest BCUT2D eigenvalue weighted by Gasteiger charge is 2.29. The fourth-order valence-corrected chi connectivity index (χ4v) is 6.68. The van der Waals surface area contributed by atoms with Gasteiger partial charge in [-0.15, -0.1) is 11.3 Å². The maximum atomic E-state index is 15.1. The van der Waals surface area contributed by atoms with Crippen molar-refractivity contribution in [3.8, 4) is 22.1 Å². The van der Waals surface area contributed by atoms with Crippen LogP contribution < -0.4 is 26.0 Å². The van der Waals surface area contributed by atoms with Crippen LogP contribution in [0.15, 0.2) is 54.9 Å². The molecular weight excluding hydrogens is 623 g/mol. The fourth-order valence-electron chi connectivity index (χ4n) is 5.64. The van der Waals surface area contributed by atoms with Crippen LogP contribution in [-0.2, 0) is 11.3 Å². The molecule has 6 rings (SSSR count). The van der Waals surface area contributed by atoms with Crippen LogP contribution in [0.5, 0.6) is 11.5 Å². The van der Waals surface area contributed by atoms with E-state index in [4.69, 9.17) is 9.72 Å². The molecule has 0 spiro atoms. The molecule has 2 fully saturated rings. The number of urea groups is 2. The third-order valence-electron chi connectivity index (χ3n) is 8.19. The number of hydrogen-bond donors (Lipinski definition) is 4. The molecule has 3 aromatic heterocycles. The maximum Gasteiger partial charge on any atom is 0.319 e. The Morgan fingerprint density at radius 1 is 0.979 bits per heavy atom. The van der Waals surface area contributed by atoms with Crippen molar-refractivity contribution in [1.82, 2.24) is 35.7 Å². The minimum atomic E-state index is -0.629. The zero-order valence-corrected chi connectivity index (χ0v) is 27.0. The number of rotatable bonds is 9. The first-order chi connectivity index (χ1) is 22.7. The first kappa shape index (κ1) is 32.1. The van der Waals surface area contributed by atoms with Gasteiger partial charge in [-0.05, 0) is 49.6 Å². The summed E-state index contributed by atoms with van der Waals surface area (Å²) in [6.07, 6.45) is 5.33. The molecule has 4 N–H and O–H groups in total. The van der Waals surface area contributed by atoms with Gasteiger partial charge in [0.25, 0.3) is 0 Å². The van der Waals surface area contributed by atoms with Gasteiger partial charge in [0.15, 0.2) is 11.6 Å². The van der Waals surface area contributed by atoms with E-state index in [-0.39, 0.29) is 35.5 Å². The van der Waals surface area contributed by atoms with Crippen molar-refractivity contribution in [2.75, 3.05) is 38.0 Å². The van der Waals surface area contributed by atoms with Gasteiger partial charge >= 0.3 is 12.1 Å². The highest BCUT2D eigenvalue weighted by molar-refractivity contribution is 7.22. The van der Waals surface area contributed by atoms with Crippen molar-refractivity contribution >= 4 is 45.2 Å². The van der Waals surface area contributed by atoms with Crippen LogP contribution >= 0.6 is 11.3 Å². The van der Waals surface area contributed by atoms with Crippen molar-refractivity contribution in [3.05, 3.63) is 66.2 Å². The Morgan fingerprint density at radius 2 is 1.77 bits per heavy atom. The van der Waals surface area contributed by atoms with Crippen LogP contribution in [-0.4, -0.2) is 82.5 Å². The second-order valence-electron chi connectivity index (χ2n) is 11.7. The van der Waals surface area contributed by atoms with Gasteiger partial charge in [0, 0.05) is 82.4 Å². The number of ether oxygens (including phenoxy) is 1. The van der Waals surface area contributed by atoms with Gasteiger partial charge in [-0.3, -0.25) is 19.7 Å². The Kier molecular flexibility index (Phi) is 9.78. The number of likely N-dealkylation sites (tertiary alicyclic amines) is 2. The van der Waals surface area contributed by atoms with Crippen LogP contribution in [0.1, 0.15) is 32.3 Å². The number of nitrogens with one attached hydrogen (secondary N) is 4. The van der Waals surface area contributed by atoms with Crippen LogP contribution in [0.25, 0.3) is 20.8 Å². The van der Waals surface area contributed by atoms with Crippen molar-refractivity contribution < 1.29 is 23.5 Å². The predicted molar refractivity (Wildman–Crippen MR) is 178 cm³/mol. The third kappa shape index (κ3) is 7.95. The molecule has 0 radical (unpaired) electrons. The molecule has 2 saturated heterocycles. The average Bonchev–Trinajstić information content (AvgIpc) is 3.47. The predicted octanol–water partition coefficient (Wildman–Crippen LogP) is 4.93. The number of pyridine rings is 2. The van der Waals surface area contributed by atoms with E-state index in [2.05, 4.69) is 37.2 Å². The molecule has 12 nitrogen and oxygen atoms in total. The average molecular weight is 661 g/mol. The Hall–Kier alpha value is -4.82.